The predicted molar refractivity (Wildman–Crippen MR) is 90.0 cm³/mol. The first-order valence-electron chi connectivity index (χ1n) is 7.23. The number of nitrogens with one attached hydrogen (secondary N) is 1. The molecule has 0 saturated carbocycles. The van der Waals surface area contributed by atoms with Crippen molar-refractivity contribution in [2.75, 3.05) is 5.32 Å². The summed E-state index contributed by atoms with van der Waals surface area (Å²) < 4.78 is 1.13. The smallest absolute Gasteiger partial charge is 0.147 e. The Balaban J connectivity index is 1.87. The van der Waals surface area contributed by atoms with Gasteiger partial charge in [0.25, 0.3) is 0 Å². The maximum absolute atomic E-state index is 4.41. The number of rotatable bonds is 4. The van der Waals surface area contributed by atoms with E-state index >= 15 is 0 Å². The highest BCUT2D eigenvalue weighted by Gasteiger charge is 2.11. The molecule has 0 saturated heterocycles. The third kappa shape index (κ3) is 2.76. The number of anilines is 1. The van der Waals surface area contributed by atoms with Gasteiger partial charge in [0.05, 0.1) is 10.2 Å². The number of hydrogen-bond acceptors (Lipinski definition) is 4. The largest absolute Gasteiger partial charge is 0.362 e. The Kier molecular flexibility index (Phi) is 3.88. The molecular weight excluding hydrogens is 278 g/mol. The van der Waals surface area contributed by atoms with Crippen molar-refractivity contribution >= 4 is 27.4 Å². The van der Waals surface area contributed by atoms with Gasteiger partial charge < -0.3 is 5.32 Å². The highest BCUT2D eigenvalue weighted by molar-refractivity contribution is 7.18. The van der Waals surface area contributed by atoms with Crippen molar-refractivity contribution < 1.29 is 0 Å². The van der Waals surface area contributed by atoms with Crippen LogP contribution >= 0.6 is 11.3 Å². The lowest BCUT2D eigenvalue weighted by Crippen LogP contribution is -2.08. The van der Waals surface area contributed by atoms with E-state index in [-0.39, 0.29) is 6.04 Å². The Hall–Kier alpha value is -1.94. The van der Waals surface area contributed by atoms with E-state index < -0.39 is 0 Å². The van der Waals surface area contributed by atoms with Crippen molar-refractivity contribution in [3.8, 4) is 0 Å². The minimum atomic E-state index is 0.219. The Morgan fingerprint density at radius 1 is 1.19 bits per heavy atom. The maximum atomic E-state index is 4.41. The van der Waals surface area contributed by atoms with Gasteiger partial charge in [-0.3, -0.25) is 0 Å². The second-order valence-corrected chi connectivity index (χ2v) is 6.16. The molecule has 0 aliphatic rings. The standard InChI is InChI=1S/C17H19N3S/c1-4-13-5-7-14(8-6-13)12(3)20-17-16-15(18-10-19-17)11(2)9-21-16/h5-10,12H,4H2,1-3H3,(H,18,19,20). The van der Waals surface area contributed by atoms with E-state index in [4.69, 9.17) is 0 Å². The normalized spacial score (nSPS) is 12.5. The zero-order valence-electron chi connectivity index (χ0n) is 12.6. The van der Waals surface area contributed by atoms with Gasteiger partial charge in [-0.2, -0.15) is 0 Å². The highest BCUT2D eigenvalue weighted by atomic mass is 32.1. The van der Waals surface area contributed by atoms with Crippen LogP contribution < -0.4 is 5.32 Å². The summed E-state index contributed by atoms with van der Waals surface area (Å²) in [6.07, 6.45) is 2.71. The number of nitrogens with zero attached hydrogens (tertiary/aromatic N) is 2. The van der Waals surface area contributed by atoms with E-state index in [2.05, 4.69) is 65.7 Å². The molecule has 0 bridgehead atoms. The Morgan fingerprint density at radius 3 is 2.67 bits per heavy atom. The van der Waals surface area contributed by atoms with Crippen LogP contribution in [0.1, 0.15) is 36.6 Å². The molecule has 3 aromatic rings. The van der Waals surface area contributed by atoms with Gasteiger partial charge >= 0.3 is 0 Å². The van der Waals surface area contributed by atoms with Gasteiger partial charge in [0, 0.05) is 6.04 Å². The van der Waals surface area contributed by atoms with Gasteiger partial charge in [0.1, 0.15) is 12.1 Å². The third-order valence-electron chi connectivity index (χ3n) is 3.77. The molecule has 3 nitrogen and oxygen atoms in total. The molecular formula is C17H19N3S. The van der Waals surface area contributed by atoms with Gasteiger partial charge in [0.2, 0.25) is 0 Å². The molecule has 1 aromatic carbocycles. The van der Waals surface area contributed by atoms with Crippen LogP contribution in [0.5, 0.6) is 0 Å². The van der Waals surface area contributed by atoms with Crippen LogP contribution in [0.4, 0.5) is 5.82 Å². The molecule has 21 heavy (non-hydrogen) atoms. The van der Waals surface area contributed by atoms with Crippen molar-refractivity contribution in [3.05, 3.63) is 52.7 Å². The fourth-order valence-electron chi connectivity index (χ4n) is 2.40. The summed E-state index contributed by atoms with van der Waals surface area (Å²) in [6, 6.07) is 8.98. The molecule has 1 atom stereocenters. The zero-order chi connectivity index (χ0) is 14.8. The summed E-state index contributed by atoms with van der Waals surface area (Å²) >= 11 is 1.70. The molecule has 3 rings (SSSR count). The number of aryl methyl sites for hydroxylation is 2. The monoisotopic (exact) mass is 297 g/mol. The van der Waals surface area contributed by atoms with Crippen LogP contribution in [0.3, 0.4) is 0 Å². The summed E-state index contributed by atoms with van der Waals surface area (Å²) in [5.74, 6) is 0.921. The van der Waals surface area contributed by atoms with Crippen molar-refractivity contribution in [2.24, 2.45) is 0 Å². The van der Waals surface area contributed by atoms with Crippen LogP contribution in [0.2, 0.25) is 0 Å². The number of aromatic nitrogens is 2. The third-order valence-corrected chi connectivity index (χ3v) is 4.87. The summed E-state index contributed by atoms with van der Waals surface area (Å²) in [7, 11) is 0. The van der Waals surface area contributed by atoms with E-state index in [0.29, 0.717) is 0 Å². The molecule has 2 heterocycles. The summed E-state index contributed by atoms with van der Waals surface area (Å²) in [5, 5.41) is 5.64. The second kappa shape index (κ2) is 5.82. The van der Waals surface area contributed by atoms with E-state index in [9.17, 15) is 0 Å². The lowest BCUT2D eigenvalue weighted by Gasteiger charge is -2.15. The molecule has 0 radical (unpaired) electrons. The zero-order valence-corrected chi connectivity index (χ0v) is 13.4. The van der Waals surface area contributed by atoms with Crippen LogP contribution in [-0.2, 0) is 6.42 Å². The SMILES string of the molecule is CCc1ccc(C(C)Nc2ncnc3c(C)csc23)cc1. The molecule has 2 aromatic heterocycles. The molecule has 0 aliphatic carbocycles. The first-order valence-corrected chi connectivity index (χ1v) is 8.11. The van der Waals surface area contributed by atoms with Gasteiger partial charge in [0.15, 0.2) is 0 Å². The average Bonchev–Trinajstić information content (AvgIpc) is 2.90. The number of fused-ring (bicyclic) bond motifs is 1. The topological polar surface area (TPSA) is 37.8 Å². The lowest BCUT2D eigenvalue weighted by molar-refractivity contribution is 0.874. The molecule has 108 valence electrons. The van der Waals surface area contributed by atoms with Gasteiger partial charge in [-0.25, -0.2) is 9.97 Å². The molecule has 0 spiro atoms. The van der Waals surface area contributed by atoms with Crippen LogP contribution in [0, 0.1) is 6.92 Å². The maximum Gasteiger partial charge on any atom is 0.147 e. The molecule has 0 aliphatic heterocycles. The van der Waals surface area contributed by atoms with Crippen LogP contribution in [0.25, 0.3) is 10.2 Å². The molecule has 1 N–H and O–H groups in total. The second-order valence-electron chi connectivity index (χ2n) is 5.28. The van der Waals surface area contributed by atoms with E-state index in [0.717, 1.165) is 22.5 Å². The Labute approximate surface area is 129 Å². The molecule has 0 amide bonds. The van der Waals surface area contributed by atoms with Crippen LogP contribution in [0.15, 0.2) is 36.0 Å². The highest BCUT2D eigenvalue weighted by Crippen LogP contribution is 2.30. The van der Waals surface area contributed by atoms with Crippen LogP contribution in [-0.4, -0.2) is 9.97 Å². The first kappa shape index (κ1) is 14.0. The van der Waals surface area contributed by atoms with Gasteiger partial charge in [-0.1, -0.05) is 31.2 Å². The number of benzene rings is 1. The fourth-order valence-corrected chi connectivity index (χ4v) is 3.36. The quantitative estimate of drug-likeness (QED) is 0.756. The lowest BCUT2D eigenvalue weighted by atomic mass is 10.1. The molecule has 4 heteroatoms. The number of thiophene rings is 1. The van der Waals surface area contributed by atoms with Crippen molar-refractivity contribution in [2.45, 2.75) is 33.2 Å². The first-order chi connectivity index (χ1) is 10.2. The van der Waals surface area contributed by atoms with E-state index in [1.807, 2.05) is 0 Å². The fraction of sp³-hybridized carbons (Fsp3) is 0.294. The molecule has 0 fully saturated rings. The predicted octanol–water partition coefficient (Wildman–Crippen LogP) is 4.74. The van der Waals surface area contributed by atoms with Crippen molar-refractivity contribution in [1.29, 1.82) is 0 Å². The Morgan fingerprint density at radius 2 is 1.95 bits per heavy atom. The van der Waals surface area contributed by atoms with Gasteiger partial charge in [-0.15, -0.1) is 11.3 Å². The summed E-state index contributed by atoms with van der Waals surface area (Å²) in [4.78, 5) is 8.77. The minimum Gasteiger partial charge on any atom is -0.362 e. The minimum absolute atomic E-state index is 0.219. The summed E-state index contributed by atoms with van der Waals surface area (Å²) in [5.41, 5.74) is 4.89. The van der Waals surface area contributed by atoms with E-state index in [1.54, 1.807) is 17.7 Å². The summed E-state index contributed by atoms with van der Waals surface area (Å²) in [6.45, 7) is 6.42. The van der Waals surface area contributed by atoms with Gasteiger partial charge in [-0.05, 0) is 42.3 Å². The number of hydrogen-bond donors (Lipinski definition) is 1. The molecule has 1 unspecified atom stereocenters. The van der Waals surface area contributed by atoms with E-state index in [1.165, 1.54) is 16.7 Å². The Bertz CT molecular complexity index is 746. The average molecular weight is 297 g/mol. The van der Waals surface area contributed by atoms with Crippen molar-refractivity contribution in [3.63, 3.8) is 0 Å². The van der Waals surface area contributed by atoms with Crippen molar-refractivity contribution in [1.82, 2.24) is 9.97 Å².